The lowest BCUT2D eigenvalue weighted by atomic mass is 9.93. The number of carbonyl (C=O) groups is 3. The Labute approximate surface area is 207 Å². The van der Waals surface area contributed by atoms with Crippen molar-refractivity contribution in [1.82, 2.24) is 10.2 Å². The number of aliphatic carboxylic acids is 1. The van der Waals surface area contributed by atoms with E-state index in [1.165, 1.54) is 11.8 Å². The second-order valence-corrected chi connectivity index (χ2v) is 7.63. The molecule has 0 saturated carbocycles. The van der Waals surface area contributed by atoms with E-state index in [0.29, 0.717) is 0 Å². The predicted molar refractivity (Wildman–Crippen MR) is 127 cm³/mol. The molecule has 0 spiro atoms. The molecule has 1 aliphatic heterocycles. The van der Waals surface area contributed by atoms with Crippen LogP contribution in [-0.2, 0) is 38.5 Å². The Morgan fingerprint density at radius 1 is 1.21 bits per heavy atom. The highest BCUT2D eigenvalue weighted by molar-refractivity contribution is 5.88. The zero-order chi connectivity index (χ0) is 27.4. The maximum Gasteiger partial charge on any atom is 0.326 e. The zero-order valence-electron chi connectivity index (χ0n) is 23.5. The third kappa shape index (κ3) is 6.79. The monoisotopic (exact) mass is 479 g/mol. The van der Waals surface area contributed by atoms with Gasteiger partial charge in [0, 0.05) is 13.0 Å². The van der Waals surface area contributed by atoms with Gasteiger partial charge in [0.2, 0.25) is 5.91 Å². The molecule has 2 N–H and O–H groups in total. The predicted octanol–water partition coefficient (Wildman–Crippen LogP) is 2.99. The van der Waals surface area contributed by atoms with Gasteiger partial charge in [0.05, 0.1) is 19.5 Å². The fraction of sp³-hybridized carbons (Fsp3) is 0.400. The number of fused-ring (bicyclic) bond motifs is 1. The lowest BCUT2D eigenvalue weighted by Crippen LogP contribution is -2.56. The molecule has 0 radical (unpaired) electrons. The Morgan fingerprint density at radius 2 is 1.88 bits per heavy atom. The van der Waals surface area contributed by atoms with Gasteiger partial charge in [-0.1, -0.05) is 54.5 Å². The molecule has 0 saturated heterocycles. The van der Waals surface area contributed by atoms with Crippen LogP contribution in [0.4, 0.5) is 0 Å². The quantitative estimate of drug-likeness (QED) is 0.537. The molecule has 3 rings (SSSR count). The van der Waals surface area contributed by atoms with Crippen LogP contribution in [0.3, 0.4) is 0 Å². The van der Waals surface area contributed by atoms with Crippen LogP contribution in [-0.4, -0.2) is 52.6 Å². The fourth-order valence-electron chi connectivity index (χ4n) is 3.80. The molecule has 0 bridgehead atoms. The summed E-state index contributed by atoms with van der Waals surface area (Å²) in [6.45, 7) is 3.35. The molecule has 178 valence electrons. The van der Waals surface area contributed by atoms with E-state index < -0.39 is 54.1 Å². The highest BCUT2D eigenvalue weighted by atomic mass is 35.5. The Hall–Kier alpha value is -2.90. The SMILES string of the molecule is Cl.[2H]c1c([2H])c([2H])c(CC[C@H](N[C@@H](C)C(=O)N2Cc3ccccc3C[C@@H]2C(=O)O)C(=O)OCC)c([2H])c1[2H]. The van der Waals surface area contributed by atoms with E-state index in [9.17, 15) is 19.5 Å². The number of nitrogens with zero attached hydrogens (tertiary/aromatic N) is 1. The van der Waals surface area contributed by atoms with E-state index in [0.717, 1.165) is 11.1 Å². The summed E-state index contributed by atoms with van der Waals surface area (Å²) < 4.78 is 44.8. The minimum atomic E-state index is -1.13. The second-order valence-electron chi connectivity index (χ2n) is 7.63. The summed E-state index contributed by atoms with van der Waals surface area (Å²) in [6, 6.07) is 2.13. The first-order valence-corrected chi connectivity index (χ1v) is 10.6. The highest BCUT2D eigenvalue weighted by Crippen LogP contribution is 2.24. The summed E-state index contributed by atoms with van der Waals surface area (Å²) >= 11 is 0. The number of hydrogen-bond donors (Lipinski definition) is 2. The van der Waals surface area contributed by atoms with E-state index in [-0.39, 0.29) is 62.5 Å². The van der Waals surface area contributed by atoms with Crippen molar-refractivity contribution in [3.05, 3.63) is 71.2 Å². The van der Waals surface area contributed by atoms with Crippen LogP contribution in [0.5, 0.6) is 0 Å². The smallest absolute Gasteiger partial charge is 0.326 e. The minimum absolute atomic E-state index is 0. The fourth-order valence-corrected chi connectivity index (χ4v) is 3.80. The van der Waals surface area contributed by atoms with Gasteiger partial charge in [-0.05, 0) is 43.4 Å². The Balaban J connectivity index is 0.00000507. The summed E-state index contributed by atoms with van der Waals surface area (Å²) in [6.07, 6.45) is 0.123. The molecule has 1 amide bonds. The average molecular weight is 480 g/mol. The van der Waals surface area contributed by atoms with E-state index in [1.54, 1.807) is 6.92 Å². The average Bonchev–Trinajstić information content (AvgIpc) is 2.88. The van der Waals surface area contributed by atoms with Gasteiger partial charge in [-0.3, -0.25) is 14.9 Å². The second kappa shape index (κ2) is 12.4. The zero-order valence-corrected chi connectivity index (χ0v) is 19.3. The molecule has 2 aromatic rings. The van der Waals surface area contributed by atoms with Gasteiger partial charge in [-0.25, -0.2) is 4.79 Å². The van der Waals surface area contributed by atoms with Crippen LogP contribution < -0.4 is 5.32 Å². The van der Waals surface area contributed by atoms with Gasteiger partial charge in [0.15, 0.2) is 0 Å². The number of nitrogens with one attached hydrogen (secondary N) is 1. The lowest BCUT2D eigenvalue weighted by Gasteiger charge is -2.36. The first-order chi connectivity index (χ1) is 17.5. The van der Waals surface area contributed by atoms with E-state index in [2.05, 4.69) is 5.32 Å². The standard InChI is InChI=1S/C25H30N2O5.ClH/c1-3-32-25(31)21(14-13-18-9-5-4-6-10-18)26-17(2)23(28)27-16-20-12-8-7-11-19(20)15-22(27)24(29)30;/h4-12,17,21-22,26H,3,13-16H2,1-2H3,(H,29,30);1H/t17-,21-,22+;/m0./s1/i4D,5D,6D,9D,10D;. The number of halogens is 1. The maximum atomic E-state index is 13.4. The molecule has 2 aromatic carbocycles. The molecule has 1 heterocycles. The van der Waals surface area contributed by atoms with Gasteiger partial charge >= 0.3 is 11.9 Å². The van der Waals surface area contributed by atoms with Crippen molar-refractivity contribution in [1.29, 1.82) is 0 Å². The van der Waals surface area contributed by atoms with Gasteiger partial charge < -0.3 is 14.7 Å². The molecule has 0 aliphatic carbocycles. The number of ether oxygens (including phenoxy) is 1. The largest absolute Gasteiger partial charge is 0.480 e. The number of benzene rings is 2. The molecular formula is C25H31ClN2O5. The summed E-state index contributed by atoms with van der Waals surface area (Å²) in [5.41, 5.74) is 1.77. The summed E-state index contributed by atoms with van der Waals surface area (Å²) in [5, 5.41) is 12.7. The molecule has 0 aromatic heterocycles. The molecule has 3 atom stereocenters. The van der Waals surface area contributed by atoms with Crippen molar-refractivity contribution >= 4 is 30.3 Å². The Kier molecular flexibility index (Phi) is 7.33. The number of hydrogen-bond acceptors (Lipinski definition) is 5. The van der Waals surface area contributed by atoms with Crippen molar-refractivity contribution in [2.45, 2.75) is 57.8 Å². The highest BCUT2D eigenvalue weighted by Gasteiger charge is 2.37. The van der Waals surface area contributed by atoms with Crippen molar-refractivity contribution in [3.8, 4) is 0 Å². The number of amides is 1. The van der Waals surface area contributed by atoms with Crippen molar-refractivity contribution < 1.29 is 31.1 Å². The van der Waals surface area contributed by atoms with Crippen LogP contribution in [0.2, 0.25) is 0 Å². The molecule has 33 heavy (non-hydrogen) atoms. The third-order valence-electron chi connectivity index (χ3n) is 5.44. The molecule has 8 heteroatoms. The van der Waals surface area contributed by atoms with Gasteiger partial charge in [0.1, 0.15) is 12.1 Å². The van der Waals surface area contributed by atoms with E-state index >= 15 is 0 Å². The topological polar surface area (TPSA) is 95.9 Å². The number of carboxylic acids is 1. The summed E-state index contributed by atoms with van der Waals surface area (Å²) in [7, 11) is 0. The van der Waals surface area contributed by atoms with Crippen molar-refractivity contribution in [3.63, 3.8) is 0 Å². The van der Waals surface area contributed by atoms with Gasteiger partial charge in [-0.15, -0.1) is 12.4 Å². The summed E-state index contributed by atoms with van der Waals surface area (Å²) in [5.74, 6) is -2.29. The Bertz CT molecular complexity index is 1190. The number of carbonyl (C=O) groups excluding carboxylic acids is 2. The van der Waals surface area contributed by atoms with Crippen LogP contribution in [0.15, 0.2) is 54.5 Å². The minimum Gasteiger partial charge on any atom is -0.480 e. The van der Waals surface area contributed by atoms with Crippen LogP contribution >= 0.6 is 12.4 Å². The molecule has 7 nitrogen and oxygen atoms in total. The van der Waals surface area contributed by atoms with Crippen LogP contribution in [0.1, 0.15) is 43.8 Å². The number of esters is 1. The normalized spacial score (nSPS) is 18.8. The van der Waals surface area contributed by atoms with E-state index in [1.807, 2.05) is 24.3 Å². The Morgan fingerprint density at radius 3 is 2.52 bits per heavy atom. The molecule has 1 aliphatic rings. The first kappa shape index (κ1) is 19.6. The lowest BCUT2D eigenvalue weighted by molar-refractivity contribution is -0.153. The van der Waals surface area contributed by atoms with E-state index in [4.69, 9.17) is 11.6 Å². The first-order valence-electron chi connectivity index (χ1n) is 13.1. The molecular weight excluding hydrogens is 444 g/mol. The maximum absolute atomic E-state index is 13.4. The van der Waals surface area contributed by atoms with Crippen molar-refractivity contribution in [2.75, 3.05) is 6.61 Å². The van der Waals surface area contributed by atoms with Crippen LogP contribution in [0, 0.1) is 0 Å². The number of rotatable bonds is 9. The van der Waals surface area contributed by atoms with Crippen LogP contribution in [0.25, 0.3) is 0 Å². The molecule has 0 unspecified atom stereocenters. The number of carboxylic acid groups (broad SMARTS) is 1. The van der Waals surface area contributed by atoms with Crippen molar-refractivity contribution in [2.24, 2.45) is 0 Å². The summed E-state index contributed by atoms with van der Waals surface area (Å²) in [4.78, 5) is 39.3. The third-order valence-corrected chi connectivity index (χ3v) is 5.44. The van der Waals surface area contributed by atoms with Gasteiger partial charge in [-0.2, -0.15) is 0 Å². The van der Waals surface area contributed by atoms with Gasteiger partial charge in [0.25, 0.3) is 0 Å². The molecule has 0 fully saturated rings.